The van der Waals surface area contributed by atoms with Crippen LogP contribution in [0.25, 0.3) is 0 Å². The van der Waals surface area contributed by atoms with Crippen molar-refractivity contribution in [2.24, 2.45) is 0 Å². The van der Waals surface area contributed by atoms with Crippen LogP contribution in [0.3, 0.4) is 0 Å². The first-order valence-electron chi connectivity index (χ1n) is 6.46. The predicted octanol–water partition coefficient (Wildman–Crippen LogP) is 2.18. The number of aromatic nitrogens is 2. The Morgan fingerprint density at radius 1 is 1.39 bits per heavy atom. The van der Waals surface area contributed by atoms with Crippen molar-refractivity contribution in [2.75, 3.05) is 23.8 Å². The van der Waals surface area contributed by atoms with Gasteiger partial charge in [-0.25, -0.2) is 9.97 Å². The number of nitrogens with one attached hydrogen (secondary N) is 1. The summed E-state index contributed by atoms with van der Waals surface area (Å²) in [7, 11) is 1.86. The maximum atomic E-state index is 8.68. The molecule has 2 rings (SSSR count). The highest BCUT2D eigenvalue weighted by Crippen LogP contribution is 2.21. The maximum absolute atomic E-state index is 8.68. The molecule has 1 aromatic rings. The van der Waals surface area contributed by atoms with Gasteiger partial charge in [-0.3, -0.25) is 0 Å². The number of nitrogens with zero attached hydrogens (tertiary/aromatic N) is 4. The quantitative estimate of drug-likeness (QED) is 0.824. The van der Waals surface area contributed by atoms with Gasteiger partial charge in [0.15, 0.2) is 0 Å². The molecule has 0 spiro atoms. The van der Waals surface area contributed by atoms with Crippen molar-refractivity contribution < 1.29 is 0 Å². The molecule has 18 heavy (non-hydrogen) atoms. The lowest BCUT2D eigenvalue weighted by Crippen LogP contribution is -2.23. The smallest absolute Gasteiger partial charge is 0.134 e. The summed E-state index contributed by atoms with van der Waals surface area (Å²) in [5, 5.41) is 12.1. The van der Waals surface area contributed by atoms with Gasteiger partial charge in [0.05, 0.1) is 6.07 Å². The van der Waals surface area contributed by atoms with Crippen LogP contribution in [0.15, 0.2) is 12.4 Å². The van der Waals surface area contributed by atoms with E-state index in [0.29, 0.717) is 12.6 Å². The van der Waals surface area contributed by atoms with Crippen molar-refractivity contribution >= 4 is 11.6 Å². The van der Waals surface area contributed by atoms with Crippen LogP contribution in [0.4, 0.5) is 11.6 Å². The van der Waals surface area contributed by atoms with E-state index >= 15 is 0 Å². The van der Waals surface area contributed by atoms with Gasteiger partial charge in [0.2, 0.25) is 0 Å². The summed E-state index contributed by atoms with van der Waals surface area (Å²) in [6.07, 6.45) is 7.92. The SMILES string of the molecule is CN(CC#N)c1cc(NC2CCCCC2)ncn1. The molecule has 1 aromatic heterocycles. The van der Waals surface area contributed by atoms with Gasteiger partial charge < -0.3 is 10.2 Å². The summed E-state index contributed by atoms with van der Waals surface area (Å²) in [6, 6.07) is 4.55. The summed E-state index contributed by atoms with van der Waals surface area (Å²) in [5.74, 6) is 1.64. The van der Waals surface area contributed by atoms with Gasteiger partial charge in [-0.2, -0.15) is 5.26 Å². The average molecular weight is 245 g/mol. The summed E-state index contributed by atoms with van der Waals surface area (Å²) in [4.78, 5) is 10.2. The van der Waals surface area contributed by atoms with Crippen LogP contribution < -0.4 is 10.2 Å². The van der Waals surface area contributed by atoms with E-state index in [1.54, 1.807) is 6.33 Å². The zero-order chi connectivity index (χ0) is 12.8. The van der Waals surface area contributed by atoms with Gasteiger partial charge in [-0.05, 0) is 12.8 Å². The number of nitriles is 1. The minimum Gasteiger partial charge on any atom is -0.367 e. The molecule has 5 heteroatoms. The van der Waals surface area contributed by atoms with Crippen molar-refractivity contribution in [3.05, 3.63) is 12.4 Å². The van der Waals surface area contributed by atoms with Gasteiger partial charge in [0.25, 0.3) is 0 Å². The molecule has 5 nitrogen and oxygen atoms in total. The van der Waals surface area contributed by atoms with E-state index in [4.69, 9.17) is 5.26 Å². The lowest BCUT2D eigenvalue weighted by molar-refractivity contribution is 0.462. The van der Waals surface area contributed by atoms with Crippen LogP contribution in [-0.2, 0) is 0 Å². The first kappa shape index (κ1) is 12.6. The third-order valence-electron chi connectivity index (χ3n) is 3.31. The second-order valence-electron chi connectivity index (χ2n) is 4.75. The largest absolute Gasteiger partial charge is 0.367 e. The normalized spacial score (nSPS) is 16.0. The van der Waals surface area contributed by atoms with Gasteiger partial charge in [-0.1, -0.05) is 19.3 Å². The molecule has 0 amide bonds. The minimum atomic E-state index is 0.333. The third-order valence-corrected chi connectivity index (χ3v) is 3.31. The van der Waals surface area contributed by atoms with Crippen LogP contribution in [0, 0.1) is 11.3 Å². The van der Waals surface area contributed by atoms with Crippen molar-refractivity contribution in [3.8, 4) is 6.07 Å². The molecule has 1 heterocycles. The Kier molecular flexibility index (Phi) is 4.35. The van der Waals surface area contributed by atoms with Crippen molar-refractivity contribution in [1.29, 1.82) is 5.26 Å². The van der Waals surface area contributed by atoms with E-state index in [1.165, 1.54) is 32.1 Å². The van der Waals surface area contributed by atoms with Crippen molar-refractivity contribution in [2.45, 2.75) is 38.1 Å². The summed E-state index contributed by atoms with van der Waals surface area (Å²) in [6.45, 7) is 0.333. The van der Waals surface area contributed by atoms with Crippen LogP contribution in [0.2, 0.25) is 0 Å². The molecule has 96 valence electrons. The molecule has 0 unspecified atom stereocenters. The minimum absolute atomic E-state index is 0.333. The van der Waals surface area contributed by atoms with Gasteiger partial charge in [-0.15, -0.1) is 0 Å². The Hall–Kier alpha value is -1.83. The second-order valence-corrected chi connectivity index (χ2v) is 4.75. The topological polar surface area (TPSA) is 64.8 Å². The molecule has 0 bridgehead atoms. The van der Waals surface area contributed by atoms with Crippen LogP contribution in [0.1, 0.15) is 32.1 Å². The standard InChI is InChI=1S/C13H19N5/c1-18(8-7-14)13-9-12(15-10-16-13)17-11-5-3-2-4-6-11/h9-11H,2-6,8H2,1H3,(H,15,16,17). The Bertz CT molecular complexity index is 420. The Morgan fingerprint density at radius 2 is 2.17 bits per heavy atom. The first-order valence-corrected chi connectivity index (χ1v) is 6.46. The highest BCUT2D eigenvalue weighted by Gasteiger charge is 2.14. The van der Waals surface area contributed by atoms with Gasteiger partial charge >= 0.3 is 0 Å². The third kappa shape index (κ3) is 3.33. The molecular weight excluding hydrogens is 226 g/mol. The number of hydrogen-bond acceptors (Lipinski definition) is 5. The van der Waals surface area contributed by atoms with Crippen molar-refractivity contribution in [3.63, 3.8) is 0 Å². The highest BCUT2D eigenvalue weighted by molar-refractivity contribution is 5.48. The van der Waals surface area contributed by atoms with Crippen LogP contribution in [-0.4, -0.2) is 29.6 Å². The molecule has 0 aliphatic heterocycles. The molecule has 1 N–H and O–H groups in total. The molecule has 1 fully saturated rings. The summed E-state index contributed by atoms with van der Waals surface area (Å²) < 4.78 is 0. The van der Waals surface area contributed by atoms with Crippen LogP contribution in [0.5, 0.6) is 0 Å². The fourth-order valence-corrected chi connectivity index (χ4v) is 2.28. The monoisotopic (exact) mass is 245 g/mol. The van der Waals surface area contributed by atoms with E-state index in [1.807, 2.05) is 18.0 Å². The highest BCUT2D eigenvalue weighted by atomic mass is 15.2. The van der Waals surface area contributed by atoms with E-state index in [9.17, 15) is 0 Å². The zero-order valence-corrected chi connectivity index (χ0v) is 10.8. The molecule has 0 atom stereocenters. The maximum Gasteiger partial charge on any atom is 0.134 e. The van der Waals surface area contributed by atoms with Gasteiger partial charge in [0, 0.05) is 19.2 Å². The van der Waals surface area contributed by atoms with E-state index < -0.39 is 0 Å². The molecular formula is C13H19N5. The van der Waals surface area contributed by atoms with Gasteiger partial charge in [0.1, 0.15) is 24.5 Å². The fraction of sp³-hybridized carbons (Fsp3) is 0.615. The van der Waals surface area contributed by atoms with E-state index in [-0.39, 0.29) is 0 Å². The molecule has 1 aliphatic rings. The lowest BCUT2D eigenvalue weighted by atomic mass is 9.95. The summed E-state index contributed by atoms with van der Waals surface area (Å²) >= 11 is 0. The summed E-state index contributed by atoms with van der Waals surface area (Å²) in [5.41, 5.74) is 0. The molecule has 0 saturated heterocycles. The average Bonchev–Trinajstić information content (AvgIpc) is 2.40. The number of anilines is 2. The predicted molar refractivity (Wildman–Crippen MR) is 71.4 cm³/mol. The molecule has 1 aliphatic carbocycles. The Labute approximate surface area is 108 Å². The van der Waals surface area contributed by atoms with Crippen LogP contribution >= 0.6 is 0 Å². The van der Waals surface area contributed by atoms with E-state index in [0.717, 1.165) is 11.6 Å². The second kappa shape index (κ2) is 6.20. The number of hydrogen-bond donors (Lipinski definition) is 1. The lowest BCUT2D eigenvalue weighted by Gasteiger charge is -2.23. The Morgan fingerprint density at radius 3 is 2.89 bits per heavy atom. The molecule has 0 aromatic carbocycles. The zero-order valence-electron chi connectivity index (χ0n) is 10.8. The molecule has 0 radical (unpaired) electrons. The number of rotatable bonds is 4. The van der Waals surface area contributed by atoms with Crippen molar-refractivity contribution in [1.82, 2.24) is 9.97 Å². The van der Waals surface area contributed by atoms with E-state index in [2.05, 4.69) is 21.4 Å². The molecule has 1 saturated carbocycles. The first-order chi connectivity index (χ1) is 8.79. The Balaban J connectivity index is 2.00. The fourth-order valence-electron chi connectivity index (χ4n) is 2.28.